The third-order valence-corrected chi connectivity index (χ3v) is 6.87. The zero-order valence-electron chi connectivity index (χ0n) is 17.9. The van der Waals surface area contributed by atoms with Crippen LogP contribution in [0, 0.1) is 5.95 Å². The van der Waals surface area contributed by atoms with Gasteiger partial charge >= 0.3 is 0 Å². The summed E-state index contributed by atoms with van der Waals surface area (Å²) in [6.07, 6.45) is 2.70. The van der Waals surface area contributed by atoms with E-state index in [-0.39, 0.29) is 0 Å². The first-order valence-electron chi connectivity index (χ1n) is 10.3. The molecule has 5 rings (SSSR count). The van der Waals surface area contributed by atoms with Crippen molar-refractivity contribution in [1.82, 2.24) is 14.5 Å². The highest BCUT2D eigenvalue weighted by Gasteiger charge is 2.21. The number of primary amides is 1. The molecule has 1 amide bonds. The first-order chi connectivity index (χ1) is 16.4. The molecule has 0 saturated heterocycles. The average Bonchev–Trinajstić information content (AvgIpc) is 3.43. The highest BCUT2D eigenvalue weighted by molar-refractivity contribution is 7.16. The average molecular weight is 493 g/mol. The molecule has 34 heavy (non-hydrogen) atoms. The van der Waals surface area contributed by atoms with Crippen molar-refractivity contribution in [3.63, 3.8) is 0 Å². The van der Waals surface area contributed by atoms with Crippen LogP contribution < -0.4 is 10.5 Å². The number of hydrogen-bond acceptors (Lipinski definition) is 5. The minimum Gasteiger partial charge on any atom is -0.484 e. The quantitative estimate of drug-likeness (QED) is 0.287. The van der Waals surface area contributed by atoms with Gasteiger partial charge in [0.15, 0.2) is 0 Å². The summed E-state index contributed by atoms with van der Waals surface area (Å²) in [5, 5.41) is 1.30. The van der Waals surface area contributed by atoms with Crippen LogP contribution >= 0.6 is 22.9 Å². The van der Waals surface area contributed by atoms with Crippen LogP contribution in [-0.2, 0) is 0 Å². The van der Waals surface area contributed by atoms with Gasteiger partial charge in [0.25, 0.3) is 5.91 Å². The van der Waals surface area contributed by atoms with E-state index >= 15 is 0 Å². The maximum Gasteiger partial charge on any atom is 0.262 e. The lowest BCUT2D eigenvalue weighted by atomic mass is 10.1. The number of imidazole rings is 1. The molecule has 1 unspecified atom stereocenters. The fraction of sp³-hybridized carbons (Fsp3) is 0.0800. The maximum atomic E-state index is 13.5. The van der Waals surface area contributed by atoms with Crippen molar-refractivity contribution in [1.29, 1.82) is 0 Å². The van der Waals surface area contributed by atoms with Gasteiger partial charge in [-0.1, -0.05) is 35.9 Å². The number of ether oxygens (including phenoxy) is 1. The van der Waals surface area contributed by atoms with E-state index in [0.29, 0.717) is 21.2 Å². The lowest BCUT2D eigenvalue weighted by Crippen LogP contribution is -2.12. The lowest BCUT2D eigenvalue weighted by Gasteiger charge is -2.16. The van der Waals surface area contributed by atoms with E-state index in [1.807, 2.05) is 47.9 Å². The maximum absolute atomic E-state index is 13.5. The third kappa shape index (κ3) is 4.13. The van der Waals surface area contributed by atoms with Gasteiger partial charge in [-0.05, 0) is 42.3 Å². The van der Waals surface area contributed by atoms with Crippen molar-refractivity contribution < 1.29 is 13.9 Å². The zero-order valence-corrected chi connectivity index (χ0v) is 19.5. The molecule has 5 aromatic rings. The number of nitrogens with two attached hydrogens (primary N) is 1. The van der Waals surface area contributed by atoms with Crippen LogP contribution in [0.4, 0.5) is 4.39 Å². The Kier molecular flexibility index (Phi) is 5.77. The number of halogens is 2. The van der Waals surface area contributed by atoms with Gasteiger partial charge in [0.2, 0.25) is 5.95 Å². The second-order valence-corrected chi connectivity index (χ2v) is 9.05. The summed E-state index contributed by atoms with van der Waals surface area (Å²) in [6, 6.07) is 17.9. The number of rotatable bonds is 6. The Morgan fingerprint density at radius 3 is 2.68 bits per heavy atom. The number of carbonyl (C=O) groups excluding carboxylic acids is 1. The number of carbonyl (C=O) groups is 1. The molecule has 3 heterocycles. The van der Waals surface area contributed by atoms with Crippen molar-refractivity contribution in [3.8, 4) is 21.9 Å². The van der Waals surface area contributed by atoms with Crippen molar-refractivity contribution in [2.24, 2.45) is 5.73 Å². The summed E-state index contributed by atoms with van der Waals surface area (Å²) in [6.45, 7) is 1.86. The molecule has 6 nitrogen and oxygen atoms in total. The van der Waals surface area contributed by atoms with Crippen LogP contribution in [0.15, 0.2) is 73.2 Å². The van der Waals surface area contributed by atoms with Crippen LogP contribution in [0.1, 0.15) is 28.3 Å². The molecular weight excluding hydrogens is 475 g/mol. The number of fused-ring (bicyclic) bond motifs is 1. The molecule has 0 fully saturated rings. The number of thiophene rings is 1. The topological polar surface area (TPSA) is 83.0 Å². The van der Waals surface area contributed by atoms with Gasteiger partial charge in [-0.25, -0.2) is 9.97 Å². The first-order valence-corrected chi connectivity index (χ1v) is 11.5. The molecule has 0 aliphatic rings. The Morgan fingerprint density at radius 1 is 1.12 bits per heavy atom. The summed E-state index contributed by atoms with van der Waals surface area (Å²) in [5.74, 6) is -0.742. The van der Waals surface area contributed by atoms with E-state index in [2.05, 4.69) is 9.97 Å². The number of benzene rings is 2. The molecule has 0 saturated carbocycles. The molecule has 2 aromatic carbocycles. The molecule has 0 bridgehead atoms. The van der Waals surface area contributed by atoms with Crippen LogP contribution in [-0.4, -0.2) is 20.4 Å². The van der Waals surface area contributed by atoms with Crippen LogP contribution in [0.2, 0.25) is 5.02 Å². The van der Waals surface area contributed by atoms with E-state index in [9.17, 15) is 9.18 Å². The molecule has 0 aliphatic carbocycles. The van der Waals surface area contributed by atoms with Crippen molar-refractivity contribution in [2.75, 3.05) is 0 Å². The van der Waals surface area contributed by atoms with E-state index in [4.69, 9.17) is 22.1 Å². The number of aromatic nitrogens is 3. The Balaban J connectivity index is 1.51. The Hall–Kier alpha value is -3.75. The van der Waals surface area contributed by atoms with Gasteiger partial charge in [-0.15, -0.1) is 11.3 Å². The summed E-state index contributed by atoms with van der Waals surface area (Å²) in [4.78, 5) is 20.5. The van der Waals surface area contributed by atoms with Crippen LogP contribution in [0.25, 0.3) is 27.2 Å². The lowest BCUT2D eigenvalue weighted by molar-refractivity contribution is 0.0998. The Labute approximate surface area is 203 Å². The monoisotopic (exact) mass is 492 g/mol. The van der Waals surface area contributed by atoms with Gasteiger partial charge in [0.1, 0.15) is 28.1 Å². The minimum absolute atomic E-state index is 0.305. The summed E-state index contributed by atoms with van der Waals surface area (Å²) < 4.78 is 21.5. The highest BCUT2D eigenvalue weighted by atomic mass is 35.5. The van der Waals surface area contributed by atoms with Crippen molar-refractivity contribution >= 4 is 39.9 Å². The molecule has 0 radical (unpaired) electrons. The molecular formula is C25H18ClFN4O2S. The van der Waals surface area contributed by atoms with Crippen molar-refractivity contribution in [2.45, 2.75) is 13.0 Å². The fourth-order valence-electron chi connectivity index (χ4n) is 3.75. The van der Waals surface area contributed by atoms with Gasteiger partial charge in [0, 0.05) is 28.9 Å². The molecule has 2 N–H and O–H groups in total. The van der Waals surface area contributed by atoms with Crippen LogP contribution in [0.3, 0.4) is 0 Å². The minimum atomic E-state index is -0.580. The predicted molar refractivity (Wildman–Crippen MR) is 131 cm³/mol. The van der Waals surface area contributed by atoms with Gasteiger partial charge < -0.3 is 10.5 Å². The normalized spacial score (nSPS) is 12.1. The molecule has 9 heteroatoms. The Morgan fingerprint density at radius 2 is 1.91 bits per heavy atom. The smallest absolute Gasteiger partial charge is 0.262 e. The summed E-state index contributed by atoms with van der Waals surface area (Å²) >= 11 is 7.52. The van der Waals surface area contributed by atoms with E-state index in [1.54, 1.807) is 24.5 Å². The van der Waals surface area contributed by atoms with Gasteiger partial charge in [-0.3, -0.25) is 9.36 Å². The molecule has 0 spiro atoms. The van der Waals surface area contributed by atoms with Crippen molar-refractivity contribution in [3.05, 3.63) is 94.6 Å². The van der Waals surface area contributed by atoms with Gasteiger partial charge in [0.05, 0.1) is 11.0 Å². The number of hydrogen-bond donors (Lipinski definition) is 1. The van der Waals surface area contributed by atoms with E-state index in [0.717, 1.165) is 27.2 Å². The first kappa shape index (κ1) is 22.1. The Bertz CT molecular complexity index is 1530. The zero-order chi connectivity index (χ0) is 23.8. The van der Waals surface area contributed by atoms with Gasteiger partial charge in [-0.2, -0.15) is 4.39 Å². The van der Waals surface area contributed by atoms with E-state index < -0.39 is 18.0 Å². The number of nitrogens with zero attached hydrogens (tertiary/aromatic N) is 3. The SMILES string of the molecule is CC(Oc1cc(-n2cnc3cc(-c4ccnc(F)c4)ccc32)sc1C(N)=O)c1ccccc1Cl. The molecule has 170 valence electrons. The second-order valence-electron chi connectivity index (χ2n) is 7.61. The highest BCUT2D eigenvalue weighted by Crippen LogP contribution is 2.37. The molecule has 1 atom stereocenters. The predicted octanol–water partition coefficient (Wildman–Crippen LogP) is 6.18. The van der Waals surface area contributed by atoms with Crippen LogP contribution in [0.5, 0.6) is 5.75 Å². The standard InChI is InChI=1S/C25H18ClFN4O2S/c1-14(17-4-2-3-5-18(17)26)33-21-12-23(34-24(21)25(28)32)31-13-30-19-10-15(6-7-20(19)31)16-8-9-29-22(27)11-16/h2-14H,1H3,(H2,28,32). The summed E-state index contributed by atoms with van der Waals surface area (Å²) in [7, 11) is 0. The largest absolute Gasteiger partial charge is 0.484 e. The van der Waals surface area contributed by atoms with E-state index in [1.165, 1.54) is 23.6 Å². The molecule has 3 aromatic heterocycles. The summed E-state index contributed by atoms with van der Waals surface area (Å²) in [5.41, 5.74) is 9.51. The number of pyridine rings is 1. The third-order valence-electron chi connectivity index (χ3n) is 5.40. The fourth-order valence-corrected chi connectivity index (χ4v) is 4.97. The second kappa shape index (κ2) is 8.89. The number of amides is 1. The molecule has 0 aliphatic heterocycles.